The van der Waals surface area contributed by atoms with Crippen LogP contribution in [0.1, 0.15) is 65.7 Å². The van der Waals surface area contributed by atoms with Crippen LogP contribution in [-0.2, 0) is 38.2 Å². The van der Waals surface area contributed by atoms with Crippen molar-refractivity contribution in [1.82, 2.24) is 20.4 Å². The first-order valence-electron chi connectivity index (χ1n) is 13.0. The highest BCUT2D eigenvalue weighted by Gasteiger charge is 2.77. The molecule has 4 amide bonds. The summed E-state index contributed by atoms with van der Waals surface area (Å²) < 4.78 is 10.4. The smallest absolute Gasteiger partial charge is 0.307 e. The Balaban J connectivity index is 2.40. The summed E-state index contributed by atoms with van der Waals surface area (Å²) in [7, 11) is 3.78. The van der Waals surface area contributed by atoms with Gasteiger partial charge in [0.2, 0.25) is 23.6 Å². The second kappa shape index (κ2) is 11.1. The first-order valence-corrected chi connectivity index (χ1v) is 13.8. The Kier molecular flexibility index (Phi) is 8.76. The molecular weight excluding hydrogens is 560 g/mol. The van der Waals surface area contributed by atoms with Gasteiger partial charge in [-0.15, -0.1) is 0 Å². The molecular formula is C26H36N4O8S2. The van der Waals surface area contributed by atoms with Gasteiger partial charge in [-0.3, -0.25) is 38.6 Å². The molecule has 1 saturated carbocycles. The molecule has 0 radical (unpaired) electrons. The van der Waals surface area contributed by atoms with Gasteiger partial charge in [0.05, 0.1) is 26.6 Å². The van der Waals surface area contributed by atoms with Crippen molar-refractivity contribution in [1.29, 1.82) is 0 Å². The lowest BCUT2D eigenvalue weighted by Gasteiger charge is -2.60. The molecule has 2 unspecified atom stereocenters. The maximum Gasteiger partial charge on any atom is 0.307 e. The number of hydrogen-bond donors (Lipinski definition) is 2. The zero-order valence-electron chi connectivity index (χ0n) is 23.6. The molecule has 2 N–H and O–H groups in total. The lowest BCUT2D eigenvalue weighted by atomic mass is 9.42. The van der Waals surface area contributed by atoms with E-state index in [1.165, 1.54) is 14.1 Å². The van der Waals surface area contributed by atoms with Gasteiger partial charge in [-0.2, -0.15) is 0 Å². The van der Waals surface area contributed by atoms with Crippen LogP contribution in [0.3, 0.4) is 0 Å². The normalized spacial score (nSPS) is 27.2. The average molecular weight is 597 g/mol. The molecule has 0 aromatic rings. The summed E-state index contributed by atoms with van der Waals surface area (Å²) in [4.78, 5) is 85.3. The van der Waals surface area contributed by atoms with E-state index in [9.17, 15) is 28.8 Å². The van der Waals surface area contributed by atoms with E-state index in [1.54, 1.807) is 0 Å². The molecule has 2 aliphatic heterocycles. The summed E-state index contributed by atoms with van der Waals surface area (Å²) in [6.07, 6.45) is -0.0792. The predicted molar refractivity (Wildman–Crippen MR) is 149 cm³/mol. The molecule has 2 atom stereocenters. The largest absolute Gasteiger partial charge is 0.469 e. The van der Waals surface area contributed by atoms with Crippen molar-refractivity contribution in [3.05, 3.63) is 0 Å². The van der Waals surface area contributed by atoms with Crippen molar-refractivity contribution >= 4 is 70.2 Å². The number of rotatable bonds is 7. The van der Waals surface area contributed by atoms with Gasteiger partial charge in [0.25, 0.3) is 0 Å². The lowest BCUT2D eigenvalue weighted by Crippen LogP contribution is -2.78. The minimum atomic E-state index is -2.33. The van der Waals surface area contributed by atoms with Crippen LogP contribution in [0, 0.1) is 21.7 Å². The van der Waals surface area contributed by atoms with Crippen LogP contribution in [0.15, 0.2) is 0 Å². The van der Waals surface area contributed by atoms with Crippen molar-refractivity contribution in [3.63, 3.8) is 0 Å². The van der Waals surface area contributed by atoms with Crippen molar-refractivity contribution in [2.45, 2.75) is 65.7 Å². The number of amides is 4. The number of esters is 2. The molecule has 0 spiro atoms. The molecule has 12 nitrogen and oxygen atoms in total. The summed E-state index contributed by atoms with van der Waals surface area (Å²) >= 11 is 10.4. The molecule has 2 saturated heterocycles. The number of nitrogens with zero attached hydrogens (tertiary/aromatic N) is 2. The first kappa shape index (κ1) is 31.5. The summed E-state index contributed by atoms with van der Waals surface area (Å²) in [6, 6.07) is 0. The molecule has 220 valence electrons. The number of methoxy groups -OCH3 is 1. The molecule has 0 bridgehead atoms. The summed E-state index contributed by atoms with van der Waals surface area (Å²) in [5.74, 6) is -5.38. The van der Waals surface area contributed by atoms with Crippen LogP contribution in [-0.4, -0.2) is 83.4 Å². The fourth-order valence-electron chi connectivity index (χ4n) is 6.25. The predicted octanol–water partition coefficient (Wildman–Crippen LogP) is 1.20. The fraction of sp³-hybridized carbons (Fsp3) is 0.692. The third kappa shape index (κ3) is 4.89. The third-order valence-corrected chi connectivity index (χ3v) is 8.97. The van der Waals surface area contributed by atoms with E-state index < -0.39 is 70.1 Å². The quantitative estimate of drug-likeness (QED) is 0.249. The zero-order valence-corrected chi connectivity index (χ0v) is 25.3. The number of nitrogens with one attached hydrogen (secondary N) is 2. The average Bonchev–Trinajstić information content (AvgIpc) is 2.89. The Hall–Kier alpha value is -3.00. The van der Waals surface area contributed by atoms with E-state index >= 15 is 0 Å². The standard InChI is InChI=1S/C26H36N4O8S2/c1-23(2,3)14-38-16(32)13-26(18(34)28-22(40)30(5)20(26)36)24(10-8-7-9-11-24)25(12-15(31)37-6)17(33)27-21(39)29(4)19(25)35/h7-14H2,1-6H3,(H,27,33,39)(H,28,34,40). The van der Waals surface area contributed by atoms with Crippen LogP contribution < -0.4 is 10.6 Å². The number of ether oxygens (including phenoxy) is 2. The van der Waals surface area contributed by atoms with Crippen molar-refractivity contribution in [2.24, 2.45) is 21.7 Å². The highest BCUT2D eigenvalue weighted by Crippen LogP contribution is 2.65. The van der Waals surface area contributed by atoms with Gasteiger partial charge in [-0.05, 0) is 42.7 Å². The van der Waals surface area contributed by atoms with E-state index in [2.05, 4.69) is 10.6 Å². The molecule has 3 rings (SSSR count). The van der Waals surface area contributed by atoms with Gasteiger partial charge >= 0.3 is 11.9 Å². The van der Waals surface area contributed by atoms with Gasteiger partial charge in [0, 0.05) is 19.5 Å². The van der Waals surface area contributed by atoms with Gasteiger partial charge in [-0.25, -0.2) is 0 Å². The number of thiocarbonyl (C=S) groups is 2. The van der Waals surface area contributed by atoms with E-state index in [0.29, 0.717) is 19.3 Å². The van der Waals surface area contributed by atoms with Crippen LogP contribution in [0.2, 0.25) is 0 Å². The Bertz CT molecular complexity index is 1180. The molecule has 40 heavy (non-hydrogen) atoms. The maximum atomic E-state index is 14.4. The van der Waals surface area contributed by atoms with Crippen LogP contribution in [0.25, 0.3) is 0 Å². The SMILES string of the molecule is COC(=O)CC1(C2(C3(CC(=O)OCC(C)(C)C)C(=O)NC(=S)N(C)C3=O)CCCCC2)C(=O)NC(=S)N(C)C1=O. The number of carbonyl (C=O) groups excluding carboxylic acids is 6. The van der Waals surface area contributed by atoms with E-state index in [1.807, 2.05) is 20.8 Å². The fourth-order valence-corrected chi connectivity index (χ4v) is 6.60. The highest BCUT2D eigenvalue weighted by molar-refractivity contribution is 7.80. The van der Waals surface area contributed by atoms with Crippen molar-refractivity contribution < 1.29 is 38.2 Å². The minimum Gasteiger partial charge on any atom is -0.469 e. The van der Waals surface area contributed by atoms with Crippen molar-refractivity contribution in [3.8, 4) is 0 Å². The van der Waals surface area contributed by atoms with E-state index in [0.717, 1.165) is 16.9 Å². The molecule has 0 aromatic heterocycles. The summed E-state index contributed by atoms with van der Waals surface area (Å²) in [6.45, 7) is 5.53. The van der Waals surface area contributed by atoms with Gasteiger partial charge < -0.3 is 20.1 Å². The van der Waals surface area contributed by atoms with Crippen LogP contribution in [0.4, 0.5) is 0 Å². The zero-order chi connectivity index (χ0) is 30.3. The molecule has 1 aliphatic carbocycles. The van der Waals surface area contributed by atoms with Gasteiger partial charge in [-0.1, -0.05) is 40.0 Å². The Morgan fingerprint density at radius 2 is 1.25 bits per heavy atom. The number of hydrogen-bond acceptors (Lipinski definition) is 10. The Labute approximate surface area is 243 Å². The first-order chi connectivity index (χ1) is 18.5. The molecule has 3 aliphatic rings. The highest BCUT2D eigenvalue weighted by atomic mass is 32.1. The minimum absolute atomic E-state index is 0.00390. The number of carbonyl (C=O) groups is 6. The Morgan fingerprint density at radius 1 is 0.825 bits per heavy atom. The van der Waals surface area contributed by atoms with Crippen LogP contribution in [0.5, 0.6) is 0 Å². The van der Waals surface area contributed by atoms with Gasteiger partial charge in [0.15, 0.2) is 10.2 Å². The monoisotopic (exact) mass is 596 g/mol. The maximum absolute atomic E-state index is 14.4. The van der Waals surface area contributed by atoms with Crippen LogP contribution >= 0.6 is 24.4 Å². The lowest BCUT2D eigenvalue weighted by molar-refractivity contribution is -0.197. The molecule has 14 heteroatoms. The third-order valence-electron chi connectivity index (χ3n) is 8.22. The van der Waals surface area contributed by atoms with Crippen molar-refractivity contribution in [2.75, 3.05) is 27.8 Å². The topological polar surface area (TPSA) is 151 Å². The summed E-state index contributed by atoms with van der Waals surface area (Å²) in [5, 5.41) is 4.62. The summed E-state index contributed by atoms with van der Waals surface area (Å²) in [5.41, 5.74) is -6.94. The second-order valence-corrected chi connectivity index (χ2v) is 12.6. The van der Waals surface area contributed by atoms with E-state index in [-0.39, 0.29) is 29.7 Å². The molecule has 0 aromatic carbocycles. The molecule has 3 fully saturated rings. The van der Waals surface area contributed by atoms with Gasteiger partial charge in [0.1, 0.15) is 10.8 Å². The van der Waals surface area contributed by atoms with E-state index in [4.69, 9.17) is 33.9 Å². The second-order valence-electron chi connectivity index (χ2n) is 11.9. The molecule has 2 heterocycles. The Morgan fingerprint density at radius 3 is 1.65 bits per heavy atom.